The van der Waals surface area contributed by atoms with E-state index >= 15 is 0 Å². The van der Waals surface area contributed by atoms with Crippen LogP contribution in [0.5, 0.6) is 0 Å². The Balaban J connectivity index is 1.31. The highest BCUT2D eigenvalue weighted by molar-refractivity contribution is 7.86. The van der Waals surface area contributed by atoms with Gasteiger partial charge in [-0.05, 0) is 5.56 Å². The molecule has 0 radical (unpaired) electrons. The maximum atomic E-state index is 12.9. The van der Waals surface area contributed by atoms with Crippen molar-refractivity contribution in [1.82, 2.24) is 35.0 Å². The summed E-state index contributed by atoms with van der Waals surface area (Å²) in [5.41, 5.74) is -1.03. The molecule has 190 valence electrons. The number of carbonyl (C=O) groups excluding carboxylic acids is 3. The van der Waals surface area contributed by atoms with Crippen LogP contribution < -0.4 is 11.0 Å². The predicted molar refractivity (Wildman–Crippen MR) is 122 cm³/mol. The molecular weight excluding hydrogens is 510 g/mol. The minimum Gasteiger partial charge on any atom is -0.477 e. The Kier molecular flexibility index (Phi) is 6.08. The van der Waals surface area contributed by atoms with Gasteiger partial charge in [0.05, 0.1) is 23.0 Å². The van der Waals surface area contributed by atoms with Crippen LogP contribution in [0.25, 0.3) is 5.65 Å². The number of amides is 2. The molecule has 0 aliphatic carbocycles. The topological polar surface area (TPSA) is 206 Å². The third kappa shape index (κ3) is 4.26. The molecule has 0 spiro atoms. The molecule has 1 aromatic carbocycles. The van der Waals surface area contributed by atoms with Gasteiger partial charge in [0.25, 0.3) is 5.91 Å². The fraction of sp³-hybridized carbons (Fsp3) is 0.238. The molecule has 0 saturated carbocycles. The second kappa shape index (κ2) is 9.38. The van der Waals surface area contributed by atoms with Gasteiger partial charge < -0.3 is 15.2 Å². The molecule has 4 heterocycles. The van der Waals surface area contributed by atoms with Crippen LogP contribution >= 0.6 is 0 Å². The smallest absolute Gasteiger partial charge is 0.361 e. The first-order chi connectivity index (χ1) is 17.8. The van der Waals surface area contributed by atoms with E-state index in [-0.39, 0.29) is 29.1 Å². The molecule has 2 amide bonds. The first kappa shape index (κ1) is 24.0. The fourth-order valence-electron chi connectivity index (χ4n) is 4.09. The molecule has 2 aliphatic heterocycles. The Bertz CT molecular complexity index is 1560. The van der Waals surface area contributed by atoms with Crippen molar-refractivity contribution in [1.29, 1.82) is 0 Å². The normalized spacial score (nSPS) is 20.8. The van der Waals surface area contributed by atoms with Crippen LogP contribution in [-0.4, -0.2) is 86.5 Å². The number of carbonyl (C=O) groups is 4. The van der Waals surface area contributed by atoms with E-state index in [1.807, 2.05) is 0 Å². The number of fused-ring (bicyclic) bond motifs is 2. The van der Waals surface area contributed by atoms with E-state index in [0.717, 1.165) is 15.6 Å². The zero-order valence-electron chi connectivity index (χ0n) is 18.7. The molecule has 1 saturated heterocycles. The Hall–Kier alpha value is -4.73. The van der Waals surface area contributed by atoms with Crippen molar-refractivity contribution in [2.75, 3.05) is 12.4 Å². The second-order valence-corrected chi connectivity index (χ2v) is 9.60. The number of nitrogens with one attached hydrogen (secondary N) is 2. The van der Waals surface area contributed by atoms with Crippen molar-refractivity contribution < 1.29 is 33.2 Å². The largest absolute Gasteiger partial charge is 0.477 e. The lowest BCUT2D eigenvalue weighted by molar-refractivity contribution is -0.151. The molecule has 5 rings (SSSR count). The van der Waals surface area contributed by atoms with Gasteiger partial charge in [-0.2, -0.15) is 0 Å². The number of carboxylic acid groups (broad SMARTS) is 1. The number of hydrogen-bond donors (Lipinski definition) is 3. The van der Waals surface area contributed by atoms with Gasteiger partial charge in [-0.3, -0.25) is 18.7 Å². The van der Waals surface area contributed by atoms with Crippen molar-refractivity contribution in [2.24, 2.45) is 0 Å². The molecule has 37 heavy (non-hydrogen) atoms. The van der Waals surface area contributed by atoms with Crippen molar-refractivity contribution in [3.05, 3.63) is 69.7 Å². The summed E-state index contributed by atoms with van der Waals surface area (Å²) in [6, 6.07) is 7.64. The summed E-state index contributed by atoms with van der Waals surface area (Å²) in [4.78, 5) is 66.1. The number of carboxylic acids is 1. The van der Waals surface area contributed by atoms with E-state index in [4.69, 9.17) is 4.74 Å². The zero-order chi connectivity index (χ0) is 26.3. The van der Waals surface area contributed by atoms with Crippen molar-refractivity contribution in [3.63, 3.8) is 0 Å². The van der Waals surface area contributed by atoms with Gasteiger partial charge in [0.1, 0.15) is 30.0 Å². The molecule has 15 nitrogen and oxygen atoms in total. The highest BCUT2D eigenvalue weighted by Gasteiger charge is 2.57. The quantitative estimate of drug-likeness (QED) is 0.225. The number of aliphatic carboxylic acids is 1. The molecule has 2 aromatic heterocycles. The lowest BCUT2D eigenvalue weighted by Crippen LogP contribution is -2.73. The molecule has 3 aromatic rings. The van der Waals surface area contributed by atoms with Gasteiger partial charge in [-0.25, -0.2) is 28.9 Å². The van der Waals surface area contributed by atoms with Crippen LogP contribution in [0.15, 0.2) is 52.7 Å². The van der Waals surface area contributed by atoms with E-state index in [1.54, 1.807) is 30.3 Å². The third-order valence-electron chi connectivity index (χ3n) is 5.75. The van der Waals surface area contributed by atoms with Crippen molar-refractivity contribution in [3.8, 4) is 0 Å². The first-order valence-electron chi connectivity index (χ1n) is 10.7. The number of imidazole rings is 1. The summed E-state index contributed by atoms with van der Waals surface area (Å²) in [5, 5.41) is 20.3. The molecule has 3 N–H and O–H groups in total. The zero-order valence-corrected chi connectivity index (χ0v) is 19.5. The van der Waals surface area contributed by atoms with Gasteiger partial charge in [-0.15, -0.1) is 5.10 Å². The van der Waals surface area contributed by atoms with Crippen LogP contribution in [0.4, 0.5) is 0 Å². The molecule has 3 atom stereocenters. The molecular formula is C21H17N7O8S. The predicted octanol–water partition coefficient (Wildman–Crippen LogP) is -2.03. The minimum atomic E-state index is -1.80. The van der Waals surface area contributed by atoms with E-state index in [9.17, 15) is 33.3 Å². The Morgan fingerprint density at radius 1 is 1.22 bits per heavy atom. The Morgan fingerprint density at radius 2 is 1.97 bits per heavy atom. The SMILES string of the molecule is O=C(Cc1ccccc1)NC1C(=O)N2C(C(=O)O)=C(COC(=O)c3ncn4c(=O)[nH]nnc34)CS(=O)C12. The molecule has 3 unspecified atom stereocenters. The van der Waals surface area contributed by atoms with Gasteiger partial charge in [0.2, 0.25) is 5.91 Å². The minimum absolute atomic E-state index is 0.00816. The average Bonchev–Trinajstić information content (AvgIpc) is 3.31. The lowest BCUT2D eigenvalue weighted by atomic mass is 10.0. The molecule has 2 aliphatic rings. The number of benzene rings is 1. The van der Waals surface area contributed by atoms with Gasteiger partial charge in [-0.1, -0.05) is 35.5 Å². The number of aromatic nitrogens is 5. The number of H-pyrrole nitrogens is 1. The van der Waals surface area contributed by atoms with E-state index in [1.165, 1.54) is 0 Å². The van der Waals surface area contributed by atoms with Crippen LogP contribution in [0.1, 0.15) is 16.1 Å². The summed E-state index contributed by atoms with van der Waals surface area (Å²) in [6.07, 6.45) is 1.03. The standard InChI is InChI=1S/C21H17N7O8S/c29-12(6-10-4-2-1-3-5-10)23-14-17(30)28-15(19(31)32)11(8-37(35)18(14)28)7-36-20(33)13-16-24-26-25-21(34)27(16)9-22-13/h1-5,9,14,18H,6-8H2,(H,23,29)(H,31,32)(H,24,25,34). The Labute approximate surface area is 208 Å². The number of esters is 1. The van der Waals surface area contributed by atoms with Crippen LogP contribution in [0.3, 0.4) is 0 Å². The summed E-state index contributed by atoms with van der Waals surface area (Å²) in [7, 11) is -1.80. The van der Waals surface area contributed by atoms with Gasteiger partial charge in [0, 0.05) is 5.57 Å². The van der Waals surface area contributed by atoms with E-state index in [0.29, 0.717) is 5.56 Å². The third-order valence-corrected chi connectivity index (χ3v) is 7.41. The van der Waals surface area contributed by atoms with E-state index < -0.39 is 64.0 Å². The number of hydrogen-bond acceptors (Lipinski definition) is 10. The summed E-state index contributed by atoms with van der Waals surface area (Å²) < 4.78 is 19.0. The number of nitrogens with zero attached hydrogens (tertiary/aromatic N) is 5. The number of aromatic amines is 1. The highest BCUT2D eigenvalue weighted by atomic mass is 32.2. The number of ether oxygens (including phenoxy) is 1. The lowest BCUT2D eigenvalue weighted by Gasteiger charge is -2.49. The van der Waals surface area contributed by atoms with Crippen LogP contribution in [-0.2, 0) is 36.3 Å². The first-order valence-corrected chi connectivity index (χ1v) is 12.1. The molecule has 16 heteroatoms. The second-order valence-electron chi connectivity index (χ2n) is 8.07. The van der Waals surface area contributed by atoms with Crippen molar-refractivity contribution in [2.45, 2.75) is 17.8 Å². The van der Waals surface area contributed by atoms with E-state index in [2.05, 4.69) is 25.7 Å². The monoisotopic (exact) mass is 527 g/mol. The van der Waals surface area contributed by atoms with Gasteiger partial charge >= 0.3 is 17.6 Å². The summed E-state index contributed by atoms with van der Waals surface area (Å²) in [6.45, 7) is -0.608. The average molecular weight is 527 g/mol. The van der Waals surface area contributed by atoms with Crippen LogP contribution in [0.2, 0.25) is 0 Å². The maximum absolute atomic E-state index is 12.9. The number of β-lactam (4-membered cyclic amide) rings is 1. The van der Waals surface area contributed by atoms with Crippen molar-refractivity contribution >= 4 is 40.2 Å². The molecule has 0 bridgehead atoms. The fourth-order valence-corrected chi connectivity index (χ4v) is 5.76. The Morgan fingerprint density at radius 3 is 2.70 bits per heavy atom. The summed E-state index contributed by atoms with van der Waals surface area (Å²) in [5.74, 6) is -4.04. The van der Waals surface area contributed by atoms with Gasteiger partial charge in [0.15, 0.2) is 11.3 Å². The summed E-state index contributed by atoms with van der Waals surface area (Å²) >= 11 is 0. The van der Waals surface area contributed by atoms with Crippen LogP contribution in [0, 0.1) is 0 Å². The number of rotatable bonds is 7. The highest BCUT2D eigenvalue weighted by Crippen LogP contribution is 2.35. The molecule has 1 fully saturated rings. The maximum Gasteiger partial charge on any atom is 0.361 e.